The second-order valence-corrected chi connectivity index (χ2v) is 7.88. The molecule has 0 unspecified atom stereocenters. The van der Waals surface area contributed by atoms with Crippen molar-refractivity contribution in [2.24, 2.45) is 0 Å². The van der Waals surface area contributed by atoms with Crippen molar-refractivity contribution in [2.75, 3.05) is 12.4 Å². The number of rotatable bonds is 7. The maximum Gasteiger partial charge on any atom is 0.247 e. The van der Waals surface area contributed by atoms with E-state index in [4.69, 9.17) is 4.74 Å². The molecule has 0 spiro atoms. The highest BCUT2D eigenvalue weighted by atomic mass is 16.5. The number of benzene rings is 3. The molecule has 3 aromatic carbocycles. The molecule has 0 aromatic heterocycles. The van der Waals surface area contributed by atoms with E-state index in [9.17, 15) is 9.59 Å². The molecule has 0 fully saturated rings. The predicted molar refractivity (Wildman–Crippen MR) is 124 cm³/mol. The number of anilines is 1. The van der Waals surface area contributed by atoms with E-state index in [0.29, 0.717) is 30.8 Å². The molecule has 2 atom stereocenters. The first-order valence-corrected chi connectivity index (χ1v) is 10.7. The first-order chi connectivity index (χ1) is 15.6. The second-order valence-electron chi connectivity index (χ2n) is 7.88. The van der Waals surface area contributed by atoms with Crippen LogP contribution in [0.15, 0.2) is 78.9 Å². The zero-order valence-electron chi connectivity index (χ0n) is 18.0. The number of methoxy groups -OCH3 is 1. The van der Waals surface area contributed by atoms with E-state index in [1.807, 2.05) is 60.7 Å². The number of carbonyl (C=O) groups is 2. The first kappa shape index (κ1) is 21.6. The first-order valence-electron chi connectivity index (χ1n) is 10.7. The van der Waals surface area contributed by atoms with Crippen molar-refractivity contribution in [2.45, 2.75) is 31.5 Å². The molecule has 164 valence electrons. The summed E-state index contributed by atoms with van der Waals surface area (Å²) >= 11 is 0. The zero-order valence-corrected chi connectivity index (χ0v) is 18.0. The summed E-state index contributed by atoms with van der Waals surface area (Å²) in [6.45, 7) is 0.633. The molecule has 0 aliphatic carbocycles. The van der Waals surface area contributed by atoms with Gasteiger partial charge in [-0.2, -0.15) is 0 Å². The molecule has 2 amide bonds. The minimum absolute atomic E-state index is 0.179. The third-order valence-corrected chi connectivity index (χ3v) is 5.65. The summed E-state index contributed by atoms with van der Waals surface area (Å²) < 4.78 is 5.24. The molecule has 1 heterocycles. The summed E-state index contributed by atoms with van der Waals surface area (Å²) in [5.74, 6) is 0.199. The van der Waals surface area contributed by atoms with E-state index in [0.717, 1.165) is 11.1 Å². The Labute approximate surface area is 188 Å². The number of nitrogens with one attached hydrogen (secondary N) is 3. The molecule has 1 aliphatic rings. The van der Waals surface area contributed by atoms with Crippen LogP contribution in [0.4, 0.5) is 5.69 Å². The summed E-state index contributed by atoms with van der Waals surface area (Å²) in [6.07, 6.45) is 0.989. The minimum Gasteiger partial charge on any atom is -0.497 e. The van der Waals surface area contributed by atoms with Gasteiger partial charge in [0.25, 0.3) is 0 Å². The number of hydrogen-bond acceptors (Lipinski definition) is 4. The lowest BCUT2D eigenvalue weighted by molar-refractivity contribution is -0.128. The van der Waals surface area contributed by atoms with Gasteiger partial charge in [0.15, 0.2) is 0 Å². The molecule has 0 bridgehead atoms. The smallest absolute Gasteiger partial charge is 0.247 e. The monoisotopic (exact) mass is 429 g/mol. The average molecular weight is 430 g/mol. The average Bonchev–Trinajstić information content (AvgIpc) is 2.84. The van der Waals surface area contributed by atoms with E-state index in [2.05, 4.69) is 22.0 Å². The Kier molecular flexibility index (Phi) is 6.82. The summed E-state index contributed by atoms with van der Waals surface area (Å²) in [5, 5.41) is 9.16. The predicted octanol–water partition coefficient (Wildman–Crippen LogP) is 3.08. The Hall–Kier alpha value is -3.64. The molecule has 32 heavy (non-hydrogen) atoms. The van der Waals surface area contributed by atoms with Crippen molar-refractivity contribution >= 4 is 17.5 Å². The normalized spacial score (nSPS) is 15.8. The molecule has 0 saturated heterocycles. The van der Waals surface area contributed by atoms with Crippen LogP contribution in [0.2, 0.25) is 0 Å². The highest BCUT2D eigenvalue weighted by Crippen LogP contribution is 2.18. The van der Waals surface area contributed by atoms with Crippen molar-refractivity contribution in [1.82, 2.24) is 10.6 Å². The Morgan fingerprint density at radius 3 is 2.53 bits per heavy atom. The second kappa shape index (κ2) is 10.1. The Bertz CT molecular complexity index is 1080. The highest BCUT2D eigenvalue weighted by molar-refractivity contribution is 5.98. The van der Waals surface area contributed by atoms with Crippen molar-refractivity contribution < 1.29 is 14.3 Å². The van der Waals surface area contributed by atoms with Gasteiger partial charge in [-0.3, -0.25) is 9.59 Å². The molecule has 3 N–H and O–H groups in total. The van der Waals surface area contributed by atoms with Gasteiger partial charge in [0.05, 0.1) is 13.2 Å². The van der Waals surface area contributed by atoms with E-state index in [-0.39, 0.29) is 17.9 Å². The van der Waals surface area contributed by atoms with E-state index < -0.39 is 6.04 Å². The lowest BCUT2D eigenvalue weighted by Gasteiger charge is -2.27. The van der Waals surface area contributed by atoms with Gasteiger partial charge in [-0.1, -0.05) is 60.7 Å². The van der Waals surface area contributed by atoms with E-state index >= 15 is 0 Å². The fourth-order valence-corrected chi connectivity index (χ4v) is 3.90. The van der Waals surface area contributed by atoms with Gasteiger partial charge in [0, 0.05) is 24.7 Å². The fourth-order valence-electron chi connectivity index (χ4n) is 3.90. The van der Waals surface area contributed by atoms with Crippen LogP contribution in [0.25, 0.3) is 0 Å². The maximum absolute atomic E-state index is 13.1. The molecule has 0 radical (unpaired) electrons. The molecular weight excluding hydrogens is 402 g/mol. The molecule has 6 heteroatoms. The third kappa shape index (κ3) is 5.34. The Balaban J connectivity index is 1.48. The lowest BCUT2D eigenvalue weighted by atomic mass is 9.95. The van der Waals surface area contributed by atoms with Gasteiger partial charge in [0.2, 0.25) is 11.8 Å². The molecule has 1 aliphatic heterocycles. The van der Waals surface area contributed by atoms with Crippen LogP contribution in [0.5, 0.6) is 5.75 Å². The number of hydrogen-bond donors (Lipinski definition) is 3. The van der Waals surface area contributed by atoms with Crippen LogP contribution in [-0.4, -0.2) is 31.0 Å². The number of carbonyl (C=O) groups excluding carboxylic acids is 2. The fraction of sp³-hybridized carbons (Fsp3) is 0.231. The van der Waals surface area contributed by atoms with Crippen LogP contribution in [0.1, 0.15) is 16.7 Å². The van der Waals surface area contributed by atoms with Crippen LogP contribution >= 0.6 is 0 Å². The topological polar surface area (TPSA) is 79.5 Å². The standard InChI is InChI=1S/C26H27N3O3/c1-32-22-13-7-12-21(16-22)28-26(31)24(14-18-8-3-2-4-9-18)29-25(30)23-15-19-10-5-6-11-20(19)17-27-23/h2-13,16,23-24,27H,14-15,17H2,1H3,(H,28,31)(H,29,30)/t23-,24-/m1/s1. The van der Waals surface area contributed by atoms with Crippen LogP contribution in [0, 0.1) is 0 Å². The molecule has 0 saturated carbocycles. The minimum atomic E-state index is -0.713. The molecule has 3 aromatic rings. The van der Waals surface area contributed by atoms with Gasteiger partial charge in [-0.05, 0) is 35.2 Å². The number of ether oxygens (including phenoxy) is 1. The third-order valence-electron chi connectivity index (χ3n) is 5.65. The largest absolute Gasteiger partial charge is 0.497 e. The van der Waals surface area contributed by atoms with Gasteiger partial charge in [-0.15, -0.1) is 0 Å². The SMILES string of the molecule is COc1cccc(NC(=O)[C@@H](Cc2ccccc2)NC(=O)[C@H]2Cc3ccccc3CN2)c1. The van der Waals surface area contributed by atoms with Crippen molar-refractivity contribution in [1.29, 1.82) is 0 Å². The molecule has 6 nitrogen and oxygen atoms in total. The van der Waals surface area contributed by atoms with E-state index in [1.54, 1.807) is 19.2 Å². The maximum atomic E-state index is 13.1. The zero-order chi connectivity index (χ0) is 22.3. The van der Waals surface area contributed by atoms with Gasteiger partial charge >= 0.3 is 0 Å². The van der Waals surface area contributed by atoms with Crippen molar-refractivity contribution in [3.8, 4) is 5.75 Å². The van der Waals surface area contributed by atoms with Crippen molar-refractivity contribution in [3.63, 3.8) is 0 Å². The van der Waals surface area contributed by atoms with Crippen LogP contribution in [0.3, 0.4) is 0 Å². The molecular formula is C26H27N3O3. The Morgan fingerprint density at radius 2 is 1.75 bits per heavy atom. The molecule has 4 rings (SSSR count). The van der Waals surface area contributed by atoms with Crippen molar-refractivity contribution in [3.05, 3.63) is 95.6 Å². The summed E-state index contributed by atoms with van der Waals surface area (Å²) in [7, 11) is 1.58. The highest BCUT2D eigenvalue weighted by Gasteiger charge is 2.28. The van der Waals surface area contributed by atoms with Crippen LogP contribution < -0.4 is 20.7 Å². The van der Waals surface area contributed by atoms with E-state index in [1.165, 1.54) is 5.56 Å². The van der Waals surface area contributed by atoms with Gasteiger partial charge < -0.3 is 20.7 Å². The van der Waals surface area contributed by atoms with Gasteiger partial charge in [0.1, 0.15) is 11.8 Å². The van der Waals surface area contributed by atoms with Crippen LogP contribution in [-0.2, 0) is 29.0 Å². The van der Waals surface area contributed by atoms with Gasteiger partial charge in [-0.25, -0.2) is 0 Å². The number of amides is 2. The Morgan fingerprint density at radius 1 is 1.00 bits per heavy atom. The quantitative estimate of drug-likeness (QED) is 0.539. The lowest BCUT2D eigenvalue weighted by Crippen LogP contribution is -2.53. The number of fused-ring (bicyclic) bond motifs is 1. The summed E-state index contributed by atoms with van der Waals surface area (Å²) in [6, 6.07) is 23.8. The summed E-state index contributed by atoms with van der Waals surface area (Å²) in [5.41, 5.74) is 3.95. The summed E-state index contributed by atoms with van der Waals surface area (Å²) in [4.78, 5) is 26.2.